The molecule has 0 saturated carbocycles. The molecule has 1 nitrogen and oxygen atoms in total. The summed E-state index contributed by atoms with van der Waals surface area (Å²) < 4.78 is 50.7. The summed E-state index contributed by atoms with van der Waals surface area (Å²) >= 11 is 0. The van der Waals surface area contributed by atoms with Gasteiger partial charge in [0.2, 0.25) is 0 Å². The van der Waals surface area contributed by atoms with Gasteiger partial charge in [0, 0.05) is 5.56 Å². The normalized spacial score (nSPS) is 13.4. The topological polar surface area (TPSA) is 20.2 Å². The Bertz CT molecular complexity index is 412. The Labute approximate surface area is 103 Å². The Morgan fingerprint density at radius 1 is 1.33 bits per heavy atom. The van der Waals surface area contributed by atoms with Gasteiger partial charge in [-0.05, 0) is 37.5 Å². The lowest BCUT2D eigenvalue weighted by Gasteiger charge is -2.14. The van der Waals surface area contributed by atoms with Gasteiger partial charge >= 0.3 is 6.18 Å². The van der Waals surface area contributed by atoms with Gasteiger partial charge in [0.15, 0.2) is 0 Å². The molecule has 0 aliphatic carbocycles. The van der Waals surface area contributed by atoms with E-state index >= 15 is 0 Å². The van der Waals surface area contributed by atoms with Gasteiger partial charge in [0.25, 0.3) is 0 Å². The number of allylic oxidation sites excluding steroid dienone is 1. The van der Waals surface area contributed by atoms with Crippen molar-refractivity contribution in [1.29, 1.82) is 0 Å². The number of hydrogen-bond acceptors (Lipinski definition) is 1. The maximum Gasteiger partial charge on any atom is 0.416 e. The molecular formula is C13H14F4O. The molecule has 0 heterocycles. The second-order valence-electron chi connectivity index (χ2n) is 3.97. The van der Waals surface area contributed by atoms with Gasteiger partial charge in [-0.15, -0.1) is 6.58 Å². The van der Waals surface area contributed by atoms with Gasteiger partial charge < -0.3 is 5.11 Å². The van der Waals surface area contributed by atoms with E-state index in [1.807, 2.05) is 0 Å². The first kappa shape index (κ1) is 14.7. The molecular weight excluding hydrogens is 248 g/mol. The van der Waals surface area contributed by atoms with E-state index in [1.54, 1.807) is 6.08 Å². The molecule has 1 rings (SSSR count). The number of aliphatic hydroxyl groups is 1. The quantitative estimate of drug-likeness (QED) is 0.478. The predicted molar refractivity (Wildman–Crippen MR) is 60.4 cm³/mol. The molecule has 1 atom stereocenters. The summed E-state index contributed by atoms with van der Waals surface area (Å²) in [5.74, 6) is -0.825. The number of benzene rings is 1. The van der Waals surface area contributed by atoms with E-state index in [1.165, 1.54) is 0 Å². The summed E-state index contributed by atoms with van der Waals surface area (Å²) in [6, 6.07) is 2.05. The highest BCUT2D eigenvalue weighted by atomic mass is 19.4. The van der Waals surface area contributed by atoms with Crippen molar-refractivity contribution in [1.82, 2.24) is 0 Å². The molecule has 0 aliphatic rings. The van der Waals surface area contributed by atoms with Crippen molar-refractivity contribution in [3.63, 3.8) is 0 Å². The molecule has 1 unspecified atom stereocenters. The van der Waals surface area contributed by atoms with Crippen LogP contribution in [0, 0.1) is 5.82 Å². The maximum atomic E-state index is 13.4. The van der Waals surface area contributed by atoms with Crippen molar-refractivity contribution < 1.29 is 22.7 Å². The van der Waals surface area contributed by atoms with Crippen LogP contribution in [0.5, 0.6) is 0 Å². The number of alkyl halides is 3. The lowest BCUT2D eigenvalue weighted by molar-refractivity contribution is -0.137. The van der Waals surface area contributed by atoms with Crippen LogP contribution in [0.1, 0.15) is 36.5 Å². The zero-order valence-corrected chi connectivity index (χ0v) is 9.67. The highest BCUT2D eigenvalue weighted by Gasteiger charge is 2.31. The molecule has 0 fully saturated rings. The van der Waals surface area contributed by atoms with Gasteiger partial charge in [-0.3, -0.25) is 0 Å². The third-order valence-electron chi connectivity index (χ3n) is 2.57. The number of halogens is 4. The zero-order valence-electron chi connectivity index (χ0n) is 9.67. The summed E-state index contributed by atoms with van der Waals surface area (Å²) in [4.78, 5) is 0. The monoisotopic (exact) mass is 262 g/mol. The van der Waals surface area contributed by atoms with Gasteiger partial charge in [0.1, 0.15) is 5.82 Å². The second kappa shape index (κ2) is 6.00. The Kier molecular flexibility index (Phi) is 4.90. The van der Waals surface area contributed by atoms with E-state index in [4.69, 9.17) is 0 Å². The molecule has 0 amide bonds. The highest BCUT2D eigenvalue weighted by Crippen LogP contribution is 2.32. The fraction of sp³-hybridized carbons (Fsp3) is 0.385. The average molecular weight is 262 g/mol. The van der Waals surface area contributed by atoms with Gasteiger partial charge in [0.05, 0.1) is 11.7 Å². The van der Waals surface area contributed by atoms with E-state index in [9.17, 15) is 22.7 Å². The Hall–Kier alpha value is -1.36. The highest BCUT2D eigenvalue weighted by molar-refractivity contribution is 5.28. The van der Waals surface area contributed by atoms with Crippen molar-refractivity contribution in [2.75, 3.05) is 0 Å². The summed E-state index contributed by atoms with van der Waals surface area (Å²) in [6.45, 7) is 3.49. The fourth-order valence-electron chi connectivity index (χ4n) is 1.59. The molecule has 18 heavy (non-hydrogen) atoms. The molecule has 5 heteroatoms. The minimum atomic E-state index is -4.54. The van der Waals surface area contributed by atoms with Crippen molar-refractivity contribution in [3.8, 4) is 0 Å². The number of aliphatic hydroxyl groups excluding tert-OH is 1. The van der Waals surface area contributed by atoms with Crippen molar-refractivity contribution in [3.05, 3.63) is 47.8 Å². The van der Waals surface area contributed by atoms with Crippen LogP contribution in [0.4, 0.5) is 17.6 Å². The molecule has 100 valence electrons. The van der Waals surface area contributed by atoms with E-state index in [0.717, 1.165) is 6.07 Å². The van der Waals surface area contributed by atoms with Crippen molar-refractivity contribution in [2.24, 2.45) is 0 Å². The van der Waals surface area contributed by atoms with Crippen LogP contribution in [0.3, 0.4) is 0 Å². The van der Waals surface area contributed by atoms with Crippen LogP contribution < -0.4 is 0 Å². The first-order valence-corrected chi connectivity index (χ1v) is 5.52. The zero-order chi connectivity index (χ0) is 13.8. The predicted octanol–water partition coefficient (Wildman–Crippen LogP) is 4.23. The van der Waals surface area contributed by atoms with E-state index < -0.39 is 23.7 Å². The molecule has 0 spiro atoms. The Morgan fingerprint density at radius 3 is 2.56 bits per heavy atom. The van der Waals surface area contributed by atoms with E-state index in [0.29, 0.717) is 25.0 Å². The first-order chi connectivity index (χ1) is 8.36. The molecule has 1 aromatic carbocycles. The van der Waals surface area contributed by atoms with E-state index in [-0.39, 0.29) is 12.0 Å². The van der Waals surface area contributed by atoms with Gasteiger partial charge in [-0.25, -0.2) is 4.39 Å². The maximum absolute atomic E-state index is 13.4. The third kappa shape index (κ3) is 3.84. The third-order valence-corrected chi connectivity index (χ3v) is 2.57. The van der Waals surface area contributed by atoms with Crippen LogP contribution in [-0.2, 0) is 6.18 Å². The molecule has 1 N–H and O–H groups in total. The Balaban J connectivity index is 2.89. The van der Waals surface area contributed by atoms with Gasteiger partial charge in [-0.2, -0.15) is 13.2 Å². The summed E-state index contributed by atoms with van der Waals surface area (Å²) in [5.41, 5.74) is -1.27. The van der Waals surface area contributed by atoms with Crippen molar-refractivity contribution in [2.45, 2.75) is 31.5 Å². The largest absolute Gasteiger partial charge is 0.416 e. The number of unbranched alkanes of at least 4 members (excludes halogenated alkanes) is 1. The van der Waals surface area contributed by atoms with Crippen LogP contribution >= 0.6 is 0 Å². The Morgan fingerprint density at radius 2 is 2.00 bits per heavy atom. The molecule has 0 aliphatic heterocycles. The summed E-state index contributed by atoms with van der Waals surface area (Å²) in [5, 5.41) is 9.68. The smallest absolute Gasteiger partial charge is 0.388 e. The lowest BCUT2D eigenvalue weighted by atomic mass is 10.0. The van der Waals surface area contributed by atoms with Crippen LogP contribution in [-0.4, -0.2) is 5.11 Å². The molecule has 0 saturated heterocycles. The number of hydrogen-bond donors (Lipinski definition) is 1. The van der Waals surface area contributed by atoms with Crippen LogP contribution in [0.2, 0.25) is 0 Å². The standard InChI is InChI=1S/C13H14F4O/c1-2-3-4-5-12(18)10-8-9(13(15,16)17)6-7-11(10)14/h2,6-8,12,18H,1,3-5H2. The van der Waals surface area contributed by atoms with Crippen LogP contribution in [0.15, 0.2) is 30.9 Å². The molecule has 0 radical (unpaired) electrons. The van der Waals surface area contributed by atoms with Crippen molar-refractivity contribution >= 4 is 0 Å². The summed E-state index contributed by atoms with van der Waals surface area (Å²) in [7, 11) is 0. The second-order valence-corrected chi connectivity index (χ2v) is 3.97. The molecule has 1 aromatic rings. The van der Waals surface area contributed by atoms with Crippen LogP contribution in [0.25, 0.3) is 0 Å². The first-order valence-electron chi connectivity index (χ1n) is 5.52. The fourth-order valence-corrected chi connectivity index (χ4v) is 1.59. The van der Waals surface area contributed by atoms with Gasteiger partial charge in [-0.1, -0.05) is 6.08 Å². The lowest BCUT2D eigenvalue weighted by Crippen LogP contribution is -2.08. The average Bonchev–Trinajstić information content (AvgIpc) is 2.28. The minimum Gasteiger partial charge on any atom is -0.388 e. The SMILES string of the molecule is C=CCCCC(O)c1cc(C(F)(F)F)ccc1F. The molecule has 0 bridgehead atoms. The minimum absolute atomic E-state index is 0.199. The molecule has 0 aromatic heterocycles. The number of rotatable bonds is 5. The summed E-state index contributed by atoms with van der Waals surface area (Å²) in [6.07, 6.45) is -2.77. The van der Waals surface area contributed by atoms with E-state index in [2.05, 4.69) is 6.58 Å².